The lowest BCUT2D eigenvalue weighted by molar-refractivity contribution is 0.0599. The van der Waals surface area contributed by atoms with E-state index in [9.17, 15) is 13.2 Å². The first-order valence-electron chi connectivity index (χ1n) is 6.62. The average Bonchev–Trinajstić information content (AvgIpc) is 2.93. The highest BCUT2D eigenvalue weighted by Gasteiger charge is 2.21. The molecule has 0 radical (unpaired) electrons. The number of benzene rings is 1. The minimum atomic E-state index is -3.81. The number of aromatic nitrogens is 2. The van der Waals surface area contributed by atoms with Gasteiger partial charge < -0.3 is 4.74 Å². The fourth-order valence-electron chi connectivity index (χ4n) is 2.04. The minimum Gasteiger partial charge on any atom is -0.465 e. The topological polar surface area (TPSA) is 90.3 Å². The number of nitrogens with one attached hydrogen (secondary N) is 1. The molecule has 0 saturated carbocycles. The summed E-state index contributed by atoms with van der Waals surface area (Å²) in [6, 6.07) is 4.47. The average molecular weight is 323 g/mol. The normalized spacial score (nSPS) is 11.2. The van der Waals surface area contributed by atoms with Crippen LogP contribution in [0.1, 0.15) is 22.8 Å². The number of nitrogens with zero attached hydrogens (tertiary/aromatic N) is 2. The summed E-state index contributed by atoms with van der Waals surface area (Å²) in [5.74, 6) is -0.576. The Hall–Kier alpha value is -2.35. The maximum atomic E-state index is 12.5. The Kier molecular flexibility index (Phi) is 4.51. The van der Waals surface area contributed by atoms with Gasteiger partial charge in [-0.3, -0.25) is 9.40 Å². The number of hydrogen-bond acceptors (Lipinski definition) is 5. The summed E-state index contributed by atoms with van der Waals surface area (Å²) in [6.07, 6.45) is 3.03. The molecule has 1 heterocycles. The van der Waals surface area contributed by atoms with Crippen LogP contribution in [-0.2, 0) is 21.3 Å². The molecule has 0 spiro atoms. The van der Waals surface area contributed by atoms with E-state index in [0.717, 1.165) is 0 Å². The molecule has 22 heavy (non-hydrogen) atoms. The van der Waals surface area contributed by atoms with Gasteiger partial charge in [0.2, 0.25) is 0 Å². The summed E-state index contributed by atoms with van der Waals surface area (Å²) in [5, 5.41) is 4.01. The van der Waals surface area contributed by atoms with Crippen molar-refractivity contribution < 1.29 is 17.9 Å². The van der Waals surface area contributed by atoms with Gasteiger partial charge in [0.25, 0.3) is 10.0 Å². The van der Waals surface area contributed by atoms with E-state index in [1.807, 2.05) is 6.92 Å². The van der Waals surface area contributed by atoms with Crippen LogP contribution >= 0.6 is 0 Å². The van der Waals surface area contributed by atoms with Gasteiger partial charge in [-0.05, 0) is 31.5 Å². The molecule has 1 N–H and O–H groups in total. The molecule has 0 unspecified atom stereocenters. The molecule has 7 nitrogen and oxygen atoms in total. The molecule has 0 amide bonds. The first-order chi connectivity index (χ1) is 10.4. The molecule has 0 fully saturated rings. The third-order valence-electron chi connectivity index (χ3n) is 3.19. The number of anilines is 1. The number of hydrogen-bond donors (Lipinski definition) is 1. The third kappa shape index (κ3) is 3.11. The molecular weight excluding hydrogens is 306 g/mol. The Balaban J connectivity index is 2.39. The summed E-state index contributed by atoms with van der Waals surface area (Å²) < 4.78 is 33.7. The van der Waals surface area contributed by atoms with Crippen molar-refractivity contribution in [2.24, 2.45) is 0 Å². The first kappa shape index (κ1) is 16.0. The van der Waals surface area contributed by atoms with Gasteiger partial charge in [0.15, 0.2) is 0 Å². The van der Waals surface area contributed by atoms with Crippen molar-refractivity contribution in [3.05, 3.63) is 41.7 Å². The second-order valence-corrected chi connectivity index (χ2v) is 6.26. The molecule has 2 aromatic rings. The van der Waals surface area contributed by atoms with Crippen molar-refractivity contribution in [3.63, 3.8) is 0 Å². The van der Waals surface area contributed by atoms with Crippen LogP contribution in [0.3, 0.4) is 0 Å². The van der Waals surface area contributed by atoms with Gasteiger partial charge in [0.1, 0.15) is 0 Å². The number of sulfonamides is 1. The van der Waals surface area contributed by atoms with Gasteiger partial charge in [-0.1, -0.05) is 6.07 Å². The van der Waals surface area contributed by atoms with Crippen LogP contribution in [-0.4, -0.2) is 31.3 Å². The number of rotatable bonds is 5. The maximum Gasteiger partial charge on any atom is 0.338 e. The molecule has 0 saturated heterocycles. The van der Waals surface area contributed by atoms with E-state index in [2.05, 4.69) is 14.6 Å². The van der Waals surface area contributed by atoms with Gasteiger partial charge >= 0.3 is 5.97 Å². The summed E-state index contributed by atoms with van der Waals surface area (Å²) in [6.45, 7) is 4.10. The van der Waals surface area contributed by atoms with Crippen molar-refractivity contribution in [2.45, 2.75) is 25.3 Å². The zero-order valence-electron chi connectivity index (χ0n) is 12.5. The second-order valence-electron chi connectivity index (χ2n) is 4.61. The Morgan fingerprint density at radius 3 is 2.73 bits per heavy atom. The Morgan fingerprint density at radius 1 is 1.41 bits per heavy atom. The fraction of sp³-hybridized carbons (Fsp3) is 0.286. The minimum absolute atomic E-state index is 0.0275. The highest BCUT2D eigenvalue weighted by molar-refractivity contribution is 7.92. The molecule has 118 valence electrons. The molecule has 1 aromatic carbocycles. The van der Waals surface area contributed by atoms with Gasteiger partial charge in [0, 0.05) is 12.7 Å². The van der Waals surface area contributed by atoms with Crippen LogP contribution in [0.4, 0.5) is 5.69 Å². The third-order valence-corrected chi connectivity index (χ3v) is 4.71. The lowest BCUT2D eigenvalue weighted by atomic mass is 10.1. The fourth-order valence-corrected chi connectivity index (χ4v) is 3.33. The number of carbonyl (C=O) groups excluding carboxylic acids is 1. The van der Waals surface area contributed by atoms with E-state index in [1.54, 1.807) is 17.8 Å². The smallest absolute Gasteiger partial charge is 0.338 e. The molecule has 2 rings (SSSR count). The molecule has 0 bridgehead atoms. The SMILES string of the molecule is CCn1cc(NS(=O)(=O)c2cccc(C(=O)OC)c2C)cn1. The standard InChI is InChI=1S/C14H17N3O4S/c1-4-17-9-11(8-15-17)16-22(19,20)13-7-5-6-12(10(13)2)14(18)21-3/h5-9,16H,4H2,1-3H3. The van der Waals surface area contributed by atoms with Crippen LogP contribution in [0, 0.1) is 6.92 Å². The van der Waals surface area contributed by atoms with Crippen LogP contribution < -0.4 is 4.72 Å². The molecule has 8 heteroatoms. The first-order valence-corrected chi connectivity index (χ1v) is 8.10. The monoisotopic (exact) mass is 323 g/mol. The van der Waals surface area contributed by atoms with E-state index >= 15 is 0 Å². The highest BCUT2D eigenvalue weighted by atomic mass is 32.2. The van der Waals surface area contributed by atoms with Gasteiger partial charge in [-0.15, -0.1) is 0 Å². The van der Waals surface area contributed by atoms with E-state index < -0.39 is 16.0 Å². The van der Waals surface area contributed by atoms with Crippen LogP contribution in [0.15, 0.2) is 35.5 Å². The van der Waals surface area contributed by atoms with Crippen molar-refractivity contribution in [1.82, 2.24) is 9.78 Å². The Labute approximate surface area is 129 Å². The quantitative estimate of drug-likeness (QED) is 0.847. The highest BCUT2D eigenvalue weighted by Crippen LogP contribution is 2.22. The van der Waals surface area contributed by atoms with Gasteiger partial charge in [-0.2, -0.15) is 5.10 Å². The van der Waals surface area contributed by atoms with Crippen molar-refractivity contribution in [2.75, 3.05) is 11.8 Å². The van der Waals surface area contributed by atoms with Crippen molar-refractivity contribution >= 4 is 21.7 Å². The van der Waals surface area contributed by atoms with E-state index in [4.69, 9.17) is 0 Å². The maximum absolute atomic E-state index is 12.5. The largest absolute Gasteiger partial charge is 0.465 e. The van der Waals surface area contributed by atoms with Crippen LogP contribution in [0.25, 0.3) is 0 Å². The van der Waals surface area contributed by atoms with Crippen molar-refractivity contribution in [3.8, 4) is 0 Å². The molecule has 0 aliphatic rings. The Morgan fingerprint density at radius 2 is 2.14 bits per heavy atom. The lowest BCUT2D eigenvalue weighted by Crippen LogP contribution is -2.16. The summed E-state index contributed by atoms with van der Waals surface area (Å²) >= 11 is 0. The molecule has 0 aliphatic carbocycles. The molecule has 0 atom stereocenters. The predicted molar refractivity (Wildman–Crippen MR) is 81.2 cm³/mol. The predicted octanol–water partition coefficient (Wildman–Crippen LogP) is 1.80. The zero-order chi connectivity index (χ0) is 16.3. The lowest BCUT2D eigenvalue weighted by Gasteiger charge is -2.11. The zero-order valence-corrected chi connectivity index (χ0v) is 13.3. The number of ether oxygens (including phenoxy) is 1. The van der Waals surface area contributed by atoms with Crippen LogP contribution in [0.2, 0.25) is 0 Å². The van der Waals surface area contributed by atoms with Crippen molar-refractivity contribution in [1.29, 1.82) is 0 Å². The van der Waals surface area contributed by atoms with Crippen LogP contribution in [0.5, 0.6) is 0 Å². The van der Waals surface area contributed by atoms with E-state index in [0.29, 0.717) is 17.8 Å². The van der Waals surface area contributed by atoms with Gasteiger partial charge in [-0.25, -0.2) is 13.2 Å². The number of methoxy groups -OCH3 is 1. The summed E-state index contributed by atoms with van der Waals surface area (Å²) in [7, 11) is -2.56. The second kappa shape index (κ2) is 6.18. The summed E-state index contributed by atoms with van der Waals surface area (Å²) in [4.78, 5) is 11.7. The van der Waals surface area contributed by atoms with Gasteiger partial charge in [0.05, 0.1) is 29.5 Å². The summed E-state index contributed by atoms with van der Waals surface area (Å²) in [5.41, 5.74) is 0.920. The number of esters is 1. The van der Waals surface area contributed by atoms with E-state index in [-0.39, 0.29) is 10.5 Å². The number of aryl methyl sites for hydroxylation is 1. The molecule has 0 aliphatic heterocycles. The molecular formula is C14H17N3O4S. The molecule has 1 aromatic heterocycles. The number of carbonyl (C=O) groups is 1. The Bertz CT molecular complexity index is 796. The van der Waals surface area contributed by atoms with E-state index in [1.165, 1.54) is 31.5 Å².